The summed E-state index contributed by atoms with van der Waals surface area (Å²) in [6.07, 6.45) is 0.0573. The number of carboxylic acid groups (broad SMARTS) is 1. The van der Waals surface area contributed by atoms with Crippen molar-refractivity contribution in [3.63, 3.8) is 0 Å². The largest absolute Gasteiger partial charge is 0.481 e. The molecule has 0 unspecified atom stereocenters. The first kappa shape index (κ1) is 15.3. The van der Waals surface area contributed by atoms with Crippen LogP contribution in [0.2, 0.25) is 0 Å². The zero-order valence-electron chi connectivity index (χ0n) is 11.7. The minimum atomic E-state index is -0.927. The van der Waals surface area contributed by atoms with E-state index in [-0.39, 0.29) is 24.4 Å². The van der Waals surface area contributed by atoms with E-state index in [1.54, 1.807) is 27.7 Å². The first-order valence-corrected chi connectivity index (χ1v) is 6.14. The lowest BCUT2D eigenvalue weighted by Gasteiger charge is -2.21. The molecule has 19 heavy (non-hydrogen) atoms. The number of carbonyl (C=O) groups excluding carboxylic acids is 1. The Balaban J connectivity index is 2.93. The second-order valence-electron chi connectivity index (χ2n) is 5.76. The molecule has 1 rings (SSSR count). The first-order valence-electron chi connectivity index (χ1n) is 6.14. The van der Waals surface area contributed by atoms with Crippen molar-refractivity contribution >= 4 is 11.8 Å². The van der Waals surface area contributed by atoms with Crippen molar-refractivity contribution in [1.29, 1.82) is 0 Å². The van der Waals surface area contributed by atoms with Gasteiger partial charge in [0.1, 0.15) is 5.82 Å². The smallest absolute Gasteiger partial charge is 0.303 e. The normalized spacial score (nSPS) is 11.4. The summed E-state index contributed by atoms with van der Waals surface area (Å²) in [4.78, 5) is 22.9. The lowest BCUT2D eigenvalue weighted by atomic mass is 9.82. The predicted molar refractivity (Wildman–Crippen MR) is 70.9 cm³/mol. The maximum Gasteiger partial charge on any atom is 0.303 e. The van der Waals surface area contributed by atoms with Crippen molar-refractivity contribution < 1.29 is 19.1 Å². The number of halogens is 1. The minimum Gasteiger partial charge on any atom is -0.481 e. The molecule has 0 spiro atoms. The van der Waals surface area contributed by atoms with Crippen molar-refractivity contribution in [2.75, 3.05) is 0 Å². The van der Waals surface area contributed by atoms with Gasteiger partial charge in [-0.3, -0.25) is 9.59 Å². The second-order valence-corrected chi connectivity index (χ2v) is 5.76. The standard InChI is InChI=1S/C15H19FO3/c1-9-5-11(6-10(2)14(9)16)12(17)7-15(3,4)8-13(18)19/h5-6H,7-8H2,1-4H3,(H,18,19). The van der Waals surface area contributed by atoms with Gasteiger partial charge in [-0.2, -0.15) is 0 Å². The Morgan fingerprint density at radius 3 is 2.05 bits per heavy atom. The van der Waals surface area contributed by atoms with Crippen molar-refractivity contribution in [3.05, 3.63) is 34.6 Å². The number of ketones is 1. The third-order valence-electron chi connectivity index (χ3n) is 3.03. The highest BCUT2D eigenvalue weighted by Gasteiger charge is 2.26. The van der Waals surface area contributed by atoms with Crippen LogP contribution in [0.15, 0.2) is 12.1 Å². The van der Waals surface area contributed by atoms with Gasteiger partial charge in [-0.15, -0.1) is 0 Å². The van der Waals surface area contributed by atoms with E-state index in [0.29, 0.717) is 16.7 Å². The fourth-order valence-electron chi connectivity index (χ4n) is 2.12. The average Bonchev–Trinajstić information content (AvgIpc) is 2.22. The molecule has 0 heterocycles. The number of carboxylic acids is 1. The third kappa shape index (κ3) is 4.16. The summed E-state index contributed by atoms with van der Waals surface area (Å²) >= 11 is 0. The molecule has 0 atom stereocenters. The molecule has 0 aliphatic heterocycles. The summed E-state index contributed by atoms with van der Waals surface area (Å²) in [5.41, 5.74) is 0.688. The molecule has 0 aromatic heterocycles. The fraction of sp³-hybridized carbons (Fsp3) is 0.467. The highest BCUT2D eigenvalue weighted by Crippen LogP contribution is 2.27. The van der Waals surface area contributed by atoms with Crippen LogP contribution in [0.25, 0.3) is 0 Å². The first-order chi connectivity index (χ1) is 8.62. The van der Waals surface area contributed by atoms with Gasteiger partial charge in [0.25, 0.3) is 0 Å². The molecule has 0 fully saturated rings. The molecule has 0 saturated carbocycles. The van der Waals surface area contributed by atoms with Crippen LogP contribution < -0.4 is 0 Å². The van der Waals surface area contributed by atoms with Crippen LogP contribution in [0.4, 0.5) is 4.39 Å². The quantitative estimate of drug-likeness (QED) is 0.830. The maximum absolute atomic E-state index is 13.5. The molecular formula is C15H19FO3. The van der Waals surface area contributed by atoms with Gasteiger partial charge in [-0.25, -0.2) is 4.39 Å². The molecule has 0 amide bonds. The summed E-state index contributed by atoms with van der Waals surface area (Å²) in [7, 11) is 0. The Labute approximate surface area is 112 Å². The summed E-state index contributed by atoms with van der Waals surface area (Å²) < 4.78 is 13.5. The Kier molecular flexibility index (Phi) is 4.45. The molecule has 1 N–H and O–H groups in total. The van der Waals surface area contributed by atoms with Crippen molar-refractivity contribution in [1.82, 2.24) is 0 Å². The van der Waals surface area contributed by atoms with E-state index in [1.165, 1.54) is 12.1 Å². The highest BCUT2D eigenvalue weighted by atomic mass is 19.1. The minimum absolute atomic E-state index is 0.0715. The SMILES string of the molecule is Cc1cc(C(=O)CC(C)(C)CC(=O)O)cc(C)c1F. The van der Waals surface area contributed by atoms with Crippen molar-refractivity contribution in [2.45, 2.75) is 40.5 Å². The predicted octanol–water partition coefficient (Wildman–Crippen LogP) is 3.52. The van der Waals surface area contributed by atoms with Gasteiger partial charge < -0.3 is 5.11 Å². The average molecular weight is 266 g/mol. The number of benzene rings is 1. The van der Waals surface area contributed by atoms with Crippen LogP contribution in [0.5, 0.6) is 0 Å². The molecule has 0 saturated heterocycles. The summed E-state index contributed by atoms with van der Waals surface area (Å²) in [5.74, 6) is -1.39. The summed E-state index contributed by atoms with van der Waals surface area (Å²) in [6, 6.07) is 3.03. The fourth-order valence-corrected chi connectivity index (χ4v) is 2.12. The molecule has 104 valence electrons. The van der Waals surface area contributed by atoms with Crippen LogP contribution in [-0.4, -0.2) is 16.9 Å². The number of hydrogen-bond acceptors (Lipinski definition) is 2. The molecule has 0 aliphatic carbocycles. The van der Waals surface area contributed by atoms with E-state index in [9.17, 15) is 14.0 Å². The molecular weight excluding hydrogens is 247 g/mol. The topological polar surface area (TPSA) is 54.4 Å². The van der Waals surface area contributed by atoms with Gasteiger partial charge in [0.15, 0.2) is 5.78 Å². The van der Waals surface area contributed by atoms with E-state index < -0.39 is 11.4 Å². The van der Waals surface area contributed by atoms with E-state index in [4.69, 9.17) is 5.11 Å². The van der Waals surface area contributed by atoms with E-state index in [2.05, 4.69) is 0 Å². The zero-order valence-corrected chi connectivity index (χ0v) is 11.7. The van der Waals surface area contributed by atoms with Gasteiger partial charge in [-0.05, 0) is 42.5 Å². The Morgan fingerprint density at radius 2 is 1.63 bits per heavy atom. The summed E-state index contributed by atoms with van der Waals surface area (Å²) in [6.45, 7) is 6.70. The number of carbonyl (C=O) groups is 2. The molecule has 1 aromatic rings. The van der Waals surface area contributed by atoms with Gasteiger partial charge in [0.05, 0.1) is 6.42 Å². The Bertz CT molecular complexity index is 495. The number of rotatable bonds is 5. The number of hydrogen-bond donors (Lipinski definition) is 1. The van der Waals surface area contributed by atoms with Crippen LogP contribution in [0.1, 0.15) is 48.2 Å². The number of aryl methyl sites for hydroxylation is 2. The van der Waals surface area contributed by atoms with Gasteiger partial charge >= 0.3 is 5.97 Å². The van der Waals surface area contributed by atoms with Crippen LogP contribution in [0, 0.1) is 25.1 Å². The van der Waals surface area contributed by atoms with Crippen LogP contribution >= 0.6 is 0 Å². The summed E-state index contributed by atoms with van der Waals surface area (Å²) in [5, 5.41) is 8.80. The van der Waals surface area contributed by atoms with Gasteiger partial charge in [0.2, 0.25) is 0 Å². The van der Waals surface area contributed by atoms with Gasteiger partial charge in [-0.1, -0.05) is 13.8 Å². The molecule has 4 heteroatoms. The molecule has 0 radical (unpaired) electrons. The molecule has 0 bridgehead atoms. The van der Waals surface area contributed by atoms with Gasteiger partial charge in [0, 0.05) is 12.0 Å². The molecule has 1 aromatic carbocycles. The lowest BCUT2D eigenvalue weighted by molar-refractivity contribution is -0.139. The van der Waals surface area contributed by atoms with Crippen LogP contribution in [-0.2, 0) is 4.79 Å². The van der Waals surface area contributed by atoms with Crippen LogP contribution in [0.3, 0.4) is 0 Å². The van der Waals surface area contributed by atoms with E-state index in [1.807, 2.05) is 0 Å². The lowest BCUT2D eigenvalue weighted by Crippen LogP contribution is -2.21. The van der Waals surface area contributed by atoms with E-state index in [0.717, 1.165) is 0 Å². The zero-order chi connectivity index (χ0) is 14.8. The van der Waals surface area contributed by atoms with E-state index >= 15 is 0 Å². The Hall–Kier alpha value is -1.71. The highest BCUT2D eigenvalue weighted by molar-refractivity contribution is 5.97. The van der Waals surface area contributed by atoms with Crippen molar-refractivity contribution in [3.8, 4) is 0 Å². The monoisotopic (exact) mass is 266 g/mol. The maximum atomic E-state index is 13.5. The third-order valence-corrected chi connectivity index (χ3v) is 3.03. The molecule has 3 nitrogen and oxygen atoms in total. The Morgan fingerprint density at radius 1 is 1.16 bits per heavy atom. The van der Waals surface area contributed by atoms with Crippen molar-refractivity contribution in [2.24, 2.45) is 5.41 Å². The molecule has 0 aliphatic rings. The second kappa shape index (κ2) is 5.51. The number of aliphatic carboxylic acids is 1. The number of Topliss-reactive ketones (excluding diaryl/α,β-unsaturated/α-hetero) is 1.